The topological polar surface area (TPSA) is 52.0 Å². The lowest BCUT2D eigenvalue weighted by atomic mass is 9.78. The van der Waals surface area contributed by atoms with E-state index in [1.807, 2.05) is 0 Å². The van der Waals surface area contributed by atoms with Gasteiger partial charge in [-0.1, -0.05) is 13.3 Å². The standard InChI is InChI=1S/C9H20N2/c1-2-5-9(11)6-3-8(10)4-7-9/h8H,2-7,10-11H2,1H3. The first-order chi connectivity index (χ1) is 5.16. The molecule has 0 heterocycles. The van der Waals surface area contributed by atoms with E-state index >= 15 is 0 Å². The van der Waals surface area contributed by atoms with Crippen LogP contribution in [0.25, 0.3) is 0 Å². The van der Waals surface area contributed by atoms with Crippen LogP contribution in [0.15, 0.2) is 0 Å². The Balaban J connectivity index is 2.35. The highest BCUT2D eigenvalue weighted by atomic mass is 14.8. The maximum Gasteiger partial charge on any atom is 0.0155 e. The molecule has 4 N–H and O–H groups in total. The molecular weight excluding hydrogens is 136 g/mol. The highest BCUT2D eigenvalue weighted by Crippen LogP contribution is 2.28. The fourth-order valence-electron chi connectivity index (χ4n) is 1.96. The normalized spacial score (nSPS) is 39.0. The van der Waals surface area contributed by atoms with Gasteiger partial charge in [0, 0.05) is 11.6 Å². The van der Waals surface area contributed by atoms with Gasteiger partial charge in [0.05, 0.1) is 0 Å². The summed E-state index contributed by atoms with van der Waals surface area (Å²) in [7, 11) is 0. The summed E-state index contributed by atoms with van der Waals surface area (Å²) in [5.41, 5.74) is 12.1. The molecule has 0 spiro atoms. The Bertz CT molecular complexity index is 115. The van der Waals surface area contributed by atoms with Gasteiger partial charge in [-0.3, -0.25) is 0 Å². The molecule has 1 fully saturated rings. The van der Waals surface area contributed by atoms with E-state index in [0.29, 0.717) is 6.04 Å². The van der Waals surface area contributed by atoms with Gasteiger partial charge in [0.1, 0.15) is 0 Å². The Morgan fingerprint density at radius 1 is 1.36 bits per heavy atom. The van der Waals surface area contributed by atoms with Gasteiger partial charge in [0.25, 0.3) is 0 Å². The van der Waals surface area contributed by atoms with Crippen molar-refractivity contribution in [3.63, 3.8) is 0 Å². The molecule has 1 saturated carbocycles. The summed E-state index contributed by atoms with van der Waals surface area (Å²) in [6.07, 6.45) is 6.86. The van der Waals surface area contributed by atoms with Gasteiger partial charge >= 0.3 is 0 Å². The minimum absolute atomic E-state index is 0.130. The maximum absolute atomic E-state index is 6.18. The van der Waals surface area contributed by atoms with Crippen LogP contribution in [-0.2, 0) is 0 Å². The van der Waals surface area contributed by atoms with E-state index in [1.54, 1.807) is 0 Å². The molecule has 11 heavy (non-hydrogen) atoms. The fourth-order valence-corrected chi connectivity index (χ4v) is 1.96. The summed E-state index contributed by atoms with van der Waals surface area (Å²) >= 11 is 0. The first kappa shape index (κ1) is 9.01. The Morgan fingerprint density at radius 2 is 1.91 bits per heavy atom. The lowest BCUT2D eigenvalue weighted by molar-refractivity contribution is 0.256. The smallest absolute Gasteiger partial charge is 0.0155 e. The number of hydrogen-bond donors (Lipinski definition) is 2. The third-order valence-corrected chi connectivity index (χ3v) is 2.77. The summed E-state index contributed by atoms with van der Waals surface area (Å²) in [4.78, 5) is 0. The van der Waals surface area contributed by atoms with Crippen molar-refractivity contribution < 1.29 is 0 Å². The van der Waals surface area contributed by atoms with Crippen LogP contribution in [0.4, 0.5) is 0 Å². The van der Waals surface area contributed by atoms with Crippen molar-refractivity contribution in [2.75, 3.05) is 0 Å². The van der Waals surface area contributed by atoms with E-state index < -0.39 is 0 Å². The molecule has 2 heteroatoms. The van der Waals surface area contributed by atoms with Gasteiger partial charge < -0.3 is 11.5 Å². The van der Waals surface area contributed by atoms with Crippen LogP contribution in [0.3, 0.4) is 0 Å². The van der Waals surface area contributed by atoms with Crippen molar-refractivity contribution in [3.05, 3.63) is 0 Å². The first-order valence-electron chi connectivity index (χ1n) is 4.71. The minimum atomic E-state index is 0.130. The molecule has 0 aliphatic heterocycles. The summed E-state index contributed by atoms with van der Waals surface area (Å²) in [6.45, 7) is 2.20. The molecule has 1 aliphatic rings. The van der Waals surface area contributed by atoms with E-state index in [1.165, 1.54) is 12.8 Å². The van der Waals surface area contributed by atoms with Crippen LogP contribution in [0.1, 0.15) is 45.4 Å². The van der Waals surface area contributed by atoms with Crippen molar-refractivity contribution in [1.29, 1.82) is 0 Å². The molecule has 0 atom stereocenters. The average molecular weight is 156 g/mol. The monoisotopic (exact) mass is 156 g/mol. The molecule has 66 valence electrons. The Hall–Kier alpha value is -0.0800. The lowest BCUT2D eigenvalue weighted by Crippen LogP contribution is -2.45. The Morgan fingerprint density at radius 3 is 2.36 bits per heavy atom. The predicted molar refractivity (Wildman–Crippen MR) is 48.3 cm³/mol. The molecule has 0 radical (unpaired) electrons. The second kappa shape index (κ2) is 3.55. The van der Waals surface area contributed by atoms with Crippen LogP contribution in [0.5, 0.6) is 0 Å². The van der Waals surface area contributed by atoms with Crippen molar-refractivity contribution in [2.45, 2.75) is 57.0 Å². The molecule has 0 amide bonds. The van der Waals surface area contributed by atoms with E-state index in [4.69, 9.17) is 11.5 Å². The largest absolute Gasteiger partial charge is 0.328 e. The van der Waals surface area contributed by atoms with Crippen molar-refractivity contribution >= 4 is 0 Å². The van der Waals surface area contributed by atoms with E-state index in [-0.39, 0.29) is 5.54 Å². The zero-order chi connectivity index (χ0) is 8.32. The van der Waals surface area contributed by atoms with Gasteiger partial charge in [-0.15, -0.1) is 0 Å². The molecular formula is C9H20N2. The van der Waals surface area contributed by atoms with Crippen molar-refractivity contribution in [3.8, 4) is 0 Å². The van der Waals surface area contributed by atoms with Crippen LogP contribution < -0.4 is 11.5 Å². The van der Waals surface area contributed by atoms with Crippen LogP contribution in [0.2, 0.25) is 0 Å². The van der Waals surface area contributed by atoms with Crippen LogP contribution in [0, 0.1) is 0 Å². The van der Waals surface area contributed by atoms with Gasteiger partial charge in [0.15, 0.2) is 0 Å². The minimum Gasteiger partial charge on any atom is -0.328 e. The molecule has 0 aromatic carbocycles. The quantitative estimate of drug-likeness (QED) is 0.634. The van der Waals surface area contributed by atoms with Crippen LogP contribution >= 0.6 is 0 Å². The highest BCUT2D eigenvalue weighted by molar-refractivity contribution is 4.90. The van der Waals surface area contributed by atoms with Crippen molar-refractivity contribution in [1.82, 2.24) is 0 Å². The zero-order valence-electron chi connectivity index (χ0n) is 7.47. The second-order valence-corrected chi connectivity index (χ2v) is 3.95. The molecule has 0 bridgehead atoms. The van der Waals surface area contributed by atoms with E-state index in [0.717, 1.165) is 25.7 Å². The van der Waals surface area contributed by atoms with Gasteiger partial charge in [-0.25, -0.2) is 0 Å². The third-order valence-electron chi connectivity index (χ3n) is 2.77. The zero-order valence-corrected chi connectivity index (χ0v) is 7.47. The summed E-state index contributed by atoms with van der Waals surface area (Å²) in [5, 5.41) is 0. The molecule has 1 rings (SSSR count). The lowest BCUT2D eigenvalue weighted by Gasteiger charge is -2.35. The maximum atomic E-state index is 6.18. The summed E-state index contributed by atoms with van der Waals surface area (Å²) in [6, 6.07) is 0.420. The molecule has 2 nitrogen and oxygen atoms in total. The highest BCUT2D eigenvalue weighted by Gasteiger charge is 2.28. The summed E-state index contributed by atoms with van der Waals surface area (Å²) < 4.78 is 0. The average Bonchev–Trinajstić information content (AvgIpc) is 1.97. The SMILES string of the molecule is CCCC1(N)CCC(N)CC1. The fraction of sp³-hybridized carbons (Fsp3) is 1.00. The number of nitrogens with two attached hydrogens (primary N) is 2. The molecule has 0 saturated heterocycles. The summed E-state index contributed by atoms with van der Waals surface area (Å²) in [5.74, 6) is 0. The molecule has 1 aliphatic carbocycles. The van der Waals surface area contributed by atoms with Crippen LogP contribution in [-0.4, -0.2) is 11.6 Å². The van der Waals surface area contributed by atoms with E-state index in [2.05, 4.69) is 6.92 Å². The first-order valence-corrected chi connectivity index (χ1v) is 4.71. The Kier molecular flexibility index (Phi) is 2.90. The molecule has 0 unspecified atom stereocenters. The number of hydrogen-bond acceptors (Lipinski definition) is 2. The van der Waals surface area contributed by atoms with Gasteiger partial charge in [-0.2, -0.15) is 0 Å². The van der Waals surface area contributed by atoms with E-state index in [9.17, 15) is 0 Å². The van der Waals surface area contributed by atoms with Crippen molar-refractivity contribution in [2.24, 2.45) is 11.5 Å². The number of rotatable bonds is 2. The van der Waals surface area contributed by atoms with Gasteiger partial charge in [0.2, 0.25) is 0 Å². The van der Waals surface area contributed by atoms with Gasteiger partial charge in [-0.05, 0) is 32.1 Å². The third kappa shape index (κ3) is 2.46. The Labute approximate surface area is 69.3 Å². The molecule has 0 aromatic rings. The predicted octanol–water partition coefficient (Wildman–Crippen LogP) is 1.39. The second-order valence-electron chi connectivity index (χ2n) is 3.95. The molecule has 0 aromatic heterocycles.